The quantitative estimate of drug-likeness (QED) is 0.428. The van der Waals surface area contributed by atoms with Gasteiger partial charge in [-0.2, -0.15) is 0 Å². The third-order valence-electron chi connectivity index (χ3n) is 4.70. The molecule has 0 spiro atoms. The van der Waals surface area contributed by atoms with Gasteiger partial charge in [0.05, 0.1) is 0 Å². The third kappa shape index (κ3) is 4.48. The molecule has 2 aliphatic carbocycles. The number of nitrogens with zero attached hydrogens (tertiary/aromatic N) is 2. The van der Waals surface area contributed by atoms with Gasteiger partial charge in [-0.1, -0.05) is 6.42 Å². The molecule has 1 aliphatic heterocycles. The minimum atomic E-state index is 0. The number of hydrogen-bond acceptors (Lipinski definition) is 2. The largest absolute Gasteiger partial charge is 0.357 e. The van der Waals surface area contributed by atoms with Gasteiger partial charge in [-0.25, -0.2) is 0 Å². The van der Waals surface area contributed by atoms with Crippen LogP contribution in [0.1, 0.15) is 45.4 Å². The van der Waals surface area contributed by atoms with Gasteiger partial charge in [-0.05, 0) is 44.9 Å². The van der Waals surface area contributed by atoms with Crippen LogP contribution in [-0.4, -0.2) is 49.1 Å². The first-order valence-electron chi connectivity index (χ1n) is 8.14. The van der Waals surface area contributed by atoms with Crippen LogP contribution >= 0.6 is 24.0 Å². The molecule has 5 heteroatoms. The van der Waals surface area contributed by atoms with Crippen molar-refractivity contribution < 1.29 is 0 Å². The molecule has 0 radical (unpaired) electrons. The summed E-state index contributed by atoms with van der Waals surface area (Å²) < 4.78 is 0. The highest BCUT2D eigenvalue weighted by Crippen LogP contribution is 2.29. The van der Waals surface area contributed by atoms with E-state index in [2.05, 4.69) is 22.5 Å². The van der Waals surface area contributed by atoms with Gasteiger partial charge in [0.25, 0.3) is 0 Å². The lowest BCUT2D eigenvalue weighted by molar-refractivity contribution is 0.320. The van der Waals surface area contributed by atoms with E-state index in [1.54, 1.807) is 0 Å². The van der Waals surface area contributed by atoms with Crippen molar-refractivity contribution in [3.63, 3.8) is 0 Å². The van der Waals surface area contributed by atoms with Gasteiger partial charge in [0.15, 0.2) is 5.96 Å². The Labute approximate surface area is 140 Å². The molecule has 2 saturated carbocycles. The summed E-state index contributed by atoms with van der Waals surface area (Å²) in [6.07, 6.45) is 8.27. The van der Waals surface area contributed by atoms with Crippen LogP contribution in [0.3, 0.4) is 0 Å². The first-order chi connectivity index (χ1) is 9.35. The highest BCUT2D eigenvalue weighted by atomic mass is 127. The van der Waals surface area contributed by atoms with E-state index in [9.17, 15) is 0 Å². The molecule has 0 amide bonds. The molecule has 20 heavy (non-hydrogen) atoms. The maximum Gasteiger partial charge on any atom is 0.191 e. The third-order valence-corrected chi connectivity index (χ3v) is 4.70. The van der Waals surface area contributed by atoms with Crippen molar-refractivity contribution in [2.24, 2.45) is 10.9 Å². The van der Waals surface area contributed by atoms with Crippen LogP contribution in [0.15, 0.2) is 4.99 Å². The molecule has 1 unspecified atom stereocenters. The van der Waals surface area contributed by atoms with Gasteiger partial charge in [0.2, 0.25) is 0 Å². The smallest absolute Gasteiger partial charge is 0.191 e. The predicted octanol–water partition coefficient (Wildman–Crippen LogP) is 2.20. The molecule has 1 saturated heterocycles. The monoisotopic (exact) mass is 392 g/mol. The van der Waals surface area contributed by atoms with Crippen LogP contribution < -0.4 is 10.6 Å². The molecular formula is C15H29IN4. The Morgan fingerprint density at radius 1 is 1.20 bits per heavy atom. The van der Waals surface area contributed by atoms with Gasteiger partial charge >= 0.3 is 0 Å². The maximum absolute atomic E-state index is 4.76. The van der Waals surface area contributed by atoms with Crippen molar-refractivity contribution in [3.8, 4) is 0 Å². The Kier molecular flexibility index (Phi) is 6.39. The van der Waals surface area contributed by atoms with Crippen LogP contribution in [0.2, 0.25) is 0 Å². The molecule has 1 heterocycles. The fraction of sp³-hybridized carbons (Fsp3) is 0.933. The van der Waals surface area contributed by atoms with Gasteiger partial charge in [0, 0.05) is 38.3 Å². The molecule has 4 nitrogen and oxygen atoms in total. The summed E-state index contributed by atoms with van der Waals surface area (Å²) in [4.78, 5) is 7.41. The zero-order valence-corrected chi connectivity index (χ0v) is 14.9. The van der Waals surface area contributed by atoms with Crippen molar-refractivity contribution in [2.75, 3.05) is 26.2 Å². The highest BCUT2D eigenvalue weighted by Gasteiger charge is 2.34. The van der Waals surface area contributed by atoms with E-state index in [-0.39, 0.29) is 24.0 Å². The van der Waals surface area contributed by atoms with E-state index in [1.807, 2.05) is 0 Å². The number of likely N-dealkylation sites (tertiary alicyclic amines) is 1. The number of aliphatic imine (C=N–C) groups is 1. The number of halogens is 1. The average Bonchev–Trinajstić information content (AvgIpc) is 3.09. The number of nitrogens with one attached hydrogen (secondary N) is 2. The SMILES string of the molecule is CCNC(=NCC1CCC1)NC1CCN(C2CC2)C1.I. The molecule has 0 aromatic carbocycles. The van der Waals surface area contributed by atoms with Gasteiger partial charge < -0.3 is 10.6 Å². The second-order valence-electron chi connectivity index (χ2n) is 6.37. The highest BCUT2D eigenvalue weighted by molar-refractivity contribution is 14.0. The van der Waals surface area contributed by atoms with Crippen LogP contribution in [0.4, 0.5) is 0 Å². The molecule has 0 aromatic heterocycles. The number of hydrogen-bond donors (Lipinski definition) is 2. The summed E-state index contributed by atoms with van der Waals surface area (Å²) >= 11 is 0. The summed E-state index contributed by atoms with van der Waals surface area (Å²) in [5.74, 6) is 1.89. The molecule has 2 N–H and O–H groups in total. The van der Waals surface area contributed by atoms with E-state index >= 15 is 0 Å². The Morgan fingerprint density at radius 3 is 2.60 bits per heavy atom. The Bertz CT molecular complexity index is 326. The lowest BCUT2D eigenvalue weighted by Gasteiger charge is -2.24. The van der Waals surface area contributed by atoms with Crippen LogP contribution in [0.25, 0.3) is 0 Å². The maximum atomic E-state index is 4.76. The normalized spacial score (nSPS) is 27.9. The molecular weight excluding hydrogens is 363 g/mol. The molecule has 1 atom stereocenters. The summed E-state index contributed by atoms with van der Waals surface area (Å²) in [7, 11) is 0. The van der Waals surface area contributed by atoms with E-state index in [0.29, 0.717) is 6.04 Å². The fourth-order valence-corrected chi connectivity index (χ4v) is 3.09. The van der Waals surface area contributed by atoms with Crippen molar-refractivity contribution >= 4 is 29.9 Å². The minimum absolute atomic E-state index is 0. The molecule has 0 bridgehead atoms. The first kappa shape index (κ1) is 16.3. The lowest BCUT2D eigenvalue weighted by atomic mass is 9.86. The second kappa shape index (κ2) is 7.82. The molecule has 0 aromatic rings. The molecule has 3 aliphatic rings. The predicted molar refractivity (Wildman–Crippen MR) is 94.9 cm³/mol. The zero-order valence-electron chi connectivity index (χ0n) is 12.6. The summed E-state index contributed by atoms with van der Waals surface area (Å²) in [5, 5.41) is 7.02. The Morgan fingerprint density at radius 2 is 2.00 bits per heavy atom. The van der Waals surface area contributed by atoms with Crippen molar-refractivity contribution in [3.05, 3.63) is 0 Å². The molecule has 3 fully saturated rings. The minimum Gasteiger partial charge on any atom is -0.357 e. The summed E-state index contributed by atoms with van der Waals surface area (Å²) in [5.41, 5.74) is 0. The van der Waals surface area contributed by atoms with E-state index in [0.717, 1.165) is 31.0 Å². The number of rotatable bonds is 5. The topological polar surface area (TPSA) is 39.7 Å². The lowest BCUT2D eigenvalue weighted by Crippen LogP contribution is -2.45. The van der Waals surface area contributed by atoms with Gasteiger partial charge in [0.1, 0.15) is 0 Å². The standard InChI is InChI=1S/C15H28N4.HI/c1-2-16-15(17-10-12-4-3-5-12)18-13-8-9-19(11-13)14-6-7-14;/h12-14H,2-11H2,1H3,(H2,16,17,18);1H. The van der Waals surface area contributed by atoms with Crippen LogP contribution in [0, 0.1) is 5.92 Å². The van der Waals surface area contributed by atoms with Crippen molar-refractivity contribution in [1.29, 1.82) is 0 Å². The Balaban J connectivity index is 0.00000147. The van der Waals surface area contributed by atoms with Gasteiger partial charge in [-0.3, -0.25) is 9.89 Å². The number of guanidine groups is 1. The fourth-order valence-electron chi connectivity index (χ4n) is 3.09. The average molecular weight is 392 g/mol. The molecule has 116 valence electrons. The van der Waals surface area contributed by atoms with Gasteiger partial charge in [-0.15, -0.1) is 24.0 Å². The second-order valence-corrected chi connectivity index (χ2v) is 6.37. The van der Waals surface area contributed by atoms with Crippen LogP contribution in [0.5, 0.6) is 0 Å². The zero-order chi connectivity index (χ0) is 13.1. The van der Waals surface area contributed by atoms with Crippen LogP contribution in [-0.2, 0) is 0 Å². The van der Waals surface area contributed by atoms with E-state index < -0.39 is 0 Å². The Hall–Kier alpha value is -0.0400. The van der Waals surface area contributed by atoms with Crippen molar-refractivity contribution in [1.82, 2.24) is 15.5 Å². The van der Waals surface area contributed by atoms with E-state index in [4.69, 9.17) is 4.99 Å². The summed E-state index contributed by atoms with van der Waals surface area (Å²) in [6, 6.07) is 1.50. The summed E-state index contributed by atoms with van der Waals surface area (Å²) in [6.45, 7) is 6.58. The van der Waals surface area contributed by atoms with E-state index in [1.165, 1.54) is 51.6 Å². The molecule has 3 rings (SSSR count). The first-order valence-corrected chi connectivity index (χ1v) is 8.14. The van der Waals surface area contributed by atoms with Crippen molar-refractivity contribution in [2.45, 2.75) is 57.5 Å².